The standard InChI is InChI=1S/C15H20FN3/c1-3-8-19-9-7-17-15(19)11-18-12(2)13-5-4-6-14(16)10-13/h4-7,9-10,12,18H,3,8,11H2,1-2H3/t12-/m0/s1. The summed E-state index contributed by atoms with van der Waals surface area (Å²) in [5, 5.41) is 3.38. The van der Waals surface area contributed by atoms with Gasteiger partial charge in [0.25, 0.3) is 0 Å². The lowest BCUT2D eigenvalue weighted by Gasteiger charge is -2.15. The molecule has 0 unspecified atom stereocenters. The van der Waals surface area contributed by atoms with Crippen molar-refractivity contribution in [2.24, 2.45) is 0 Å². The summed E-state index contributed by atoms with van der Waals surface area (Å²) >= 11 is 0. The number of rotatable bonds is 6. The van der Waals surface area contributed by atoms with Gasteiger partial charge >= 0.3 is 0 Å². The van der Waals surface area contributed by atoms with Crippen LogP contribution in [-0.4, -0.2) is 9.55 Å². The Morgan fingerprint density at radius 2 is 2.26 bits per heavy atom. The van der Waals surface area contributed by atoms with Crippen molar-refractivity contribution < 1.29 is 4.39 Å². The topological polar surface area (TPSA) is 29.9 Å². The molecule has 1 N–H and O–H groups in total. The Morgan fingerprint density at radius 3 is 3.00 bits per heavy atom. The van der Waals surface area contributed by atoms with E-state index in [9.17, 15) is 4.39 Å². The highest BCUT2D eigenvalue weighted by molar-refractivity contribution is 5.19. The van der Waals surface area contributed by atoms with Crippen LogP contribution in [0.1, 0.15) is 37.7 Å². The number of imidazole rings is 1. The lowest BCUT2D eigenvalue weighted by molar-refractivity contribution is 0.528. The second kappa shape index (κ2) is 6.48. The van der Waals surface area contributed by atoms with Crippen LogP contribution in [0.5, 0.6) is 0 Å². The van der Waals surface area contributed by atoms with Crippen molar-refractivity contribution in [2.75, 3.05) is 0 Å². The minimum absolute atomic E-state index is 0.0995. The average molecular weight is 261 g/mol. The van der Waals surface area contributed by atoms with Crippen LogP contribution < -0.4 is 5.32 Å². The van der Waals surface area contributed by atoms with Crippen molar-refractivity contribution in [3.05, 3.63) is 53.9 Å². The highest BCUT2D eigenvalue weighted by atomic mass is 19.1. The van der Waals surface area contributed by atoms with Gasteiger partial charge in [0.15, 0.2) is 0 Å². The molecule has 0 amide bonds. The zero-order chi connectivity index (χ0) is 13.7. The van der Waals surface area contributed by atoms with Gasteiger partial charge in [0.2, 0.25) is 0 Å². The van der Waals surface area contributed by atoms with E-state index in [1.807, 2.05) is 25.4 Å². The number of hydrogen-bond donors (Lipinski definition) is 1. The van der Waals surface area contributed by atoms with Crippen molar-refractivity contribution in [2.45, 2.75) is 39.4 Å². The fourth-order valence-electron chi connectivity index (χ4n) is 2.09. The lowest BCUT2D eigenvalue weighted by atomic mass is 10.1. The first-order valence-corrected chi connectivity index (χ1v) is 6.69. The van der Waals surface area contributed by atoms with E-state index in [-0.39, 0.29) is 11.9 Å². The molecule has 19 heavy (non-hydrogen) atoms. The summed E-state index contributed by atoms with van der Waals surface area (Å²) in [4.78, 5) is 4.34. The number of nitrogens with zero attached hydrogens (tertiary/aromatic N) is 2. The smallest absolute Gasteiger partial charge is 0.123 e. The number of aromatic nitrogens is 2. The van der Waals surface area contributed by atoms with Gasteiger partial charge < -0.3 is 9.88 Å². The molecule has 0 saturated carbocycles. The van der Waals surface area contributed by atoms with Gasteiger partial charge in [-0.2, -0.15) is 0 Å². The third kappa shape index (κ3) is 3.64. The van der Waals surface area contributed by atoms with Crippen molar-refractivity contribution in [1.82, 2.24) is 14.9 Å². The van der Waals surface area contributed by atoms with Crippen LogP contribution in [0, 0.1) is 5.82 Å². The van der Waals surface area contributed by atoms with Crippen LogP contribution in [0.4, 0.5) is 4.39 Å². The van der Waals surface area contributed by atoms with Crippen molar-refractivity contribution >= 4 is 0 Å². The van der Waals surface area contributed by atoms with Gasteiger partial charge in [-0.1, -0.05) is 19.1 Å². The Labute approximate surface area is 113 Å². The third-order valence-corrected chi connectivity index (χ3v) is 3.18. The SMILES string of the molecule is CCCn1ccnc1CN[C@@H](C)c1cccc(F)c1. The number of nitrogens with one attached hydrogen (secondary N) is 1. The number of benzene rings is 1. The molecule has 1 atom stereocenters. The van der Waals surface area contributed by atoms with Gasteiger partial charge in [-0.15, -0.1) is 0 Å². The summed E-state index contributed by atoms with van der Waals surface area (Å²) in [6, 6.07) is 6.79. The van der Waals surface area contributed by atoms with E-state index in [1.165, 1.54) is 6.07 Å². The lowest BCUT2D eigenvalue weighted by Crippen LogP contribution is -2.20. The Balaban J connectivity index is 1.96. The van der Waals surface area contributed by atoms with E-state index in [1.54, 1.807) is 12.1 Å². The summed E-state index contributed by atoms with van der Waals surface area (Å²) in [5.74, 6) is 0.823. The summed E-state index contributed by atoms with van der Waals surface area (Å²) in [6.45, 7) is 5.84. The number of hydrogen-bond acceptors (Lipinski definition) is 2. The molecule has 1 heterocycles. The van der Waals surface area contributed by atoms with Gasteiger partial charge in [0, 0.05) is 25.0 Å². The van der Waals surface area contributed by atoms with E-state index in [0.717, 1.165) is 24.4 Å². The van der Waals surface area contributed by atoms with E-state index < -0.39 is 0 Å². The van der Waals surface area contributed by atoms with Crippen molar-refractivity contribution in [3.63, 3.8) is 0 Å². The normalized spacial score (nSPS) is 12.6. The molecule has 2 rings (SSSR count). The highest BCUT2D eigenvalue weighted by Gasteiger charge is 2.08. The quantitative estimate of drug-likeness (QED) is 0.864. The first kappa shape index (κ1) is 13.7. The molecule has 102 valence electrons. The Morgan fingerprint density at radius 1 is 1.42 bits per heavy atom. The molecular formula is C15H20FN3. The molecule has 1 aromatic carbocycles. The van der Waals surface area contributed by atoms with Crippen LogP contribution in [0.3, 0.4) is 0 Å². The summed E-state index contributed by atoms with van der Waals surface area (Å²) in [7, 11) is 0. The van der Waals surface area contributed by atoms with E-state index in [0.29, 0.717) is 6.54 Å². The van der Waals surface area contributed by atoms with Crippen LogP contribution in [0.2, 0.25) is 0 Å². The van der Waals surface area contributed by atoms with Crippen LogP contribution in [0.25, 0.3) is 0 Å². The zero-order valence-electron chi connectivity index (χ0n) is 11.4. The molecule has 2 aromatic rings. The second-order valence-electron chi connectivity index (χ2n) is 4.69. The van der Waals surface area contributed by atoms with Crippen LogP contribution in [-0.2, 0) is 13.1 Å². The minimum atomic E-state index is -0.196. The zero-order valence-corrected chi connectivity index (χ0v) is 11.4. The van der Waals surface area contributed by atoms with E-state index in [4.69, 9.17) is 0 Å². The van der Waals surface area contributed by atoms with E-state index in [2.05, 4.69) is 21.8 Å². The van der Waals surface area contributed by atoms with E-state index >= 15 is 0 Å². The molecule has 0 spiro atoms. The highest BCUT2D eigenvalue weighted by Crippen LogP contribution is 2.14. The molecule has 0 aliphatic rings. The first-order valence-electron chi connectivity index (χ1n) is 6.69. The summed E-state index contributed by atoms with van der Waals surface area (Å²) in [6.07, 6.45) is 4.90. The van der Waals surface area contributed by atoms with Gasteiger partial charge in [0.05, 0.1) is 6.54 Å². The molecule has 0 radical (unpaired) electrons. The Hall–Kier alpha value is -1.68. The van der Waals surface area contributed by atoms with Crippen LogP contribution >= 0.6 is 0 Å². The maximum Gasteiger partial charge on any atom is 0.123 e. The fraction of sp³-hybridized carbons (Fsp3) is 0.400. The molecule has 0 fully saturated rings. The molecule has 0 saturated heterocycles. The van der Waals surface area contributed by atoms with Crippen LogP contribution in [0.15, 0.2) is 36.7 Å². The predicted molar refractivity (Wildman–Crippen MR) is 74.2 cm³/mol. The van der Waals surface area contributed by atoms with Crippen molar-refractivity contribution in [3.8, 4) is 0 Å². The maximum atomic E-state index is 13.2. The maximum absolute atomic E-state index is 13.2. The molecule has 1 aromatic heterocycles. The van der Waals surface area contributed by atoms with Gasteiger partial charge in [-0.3, -0.25) is 0 Å². The predicted octanol–water partition coefficient (Wildman–Crippen LogP) is 3.28. The molecule has 4 heteroatoms. The second-order valence-corrected chi connectivity index (χ2v) is 4.69. The molecular weight excluding hydrogens is 241 g/mol. The van der Waals surface area contributed by atoms with Gasteiger partial charge in [-0.25, -0.2) is 9.37 Å². The first-order chi connectivity index (χ1) is 9.20. The fourth-order valence-corrected chi connectivity index (χ4v) is 2.09. The molecule has 0 aliphatic heterocycles. The Bertz CT molecular complexity index is 522. The monoisotopic (exact) mass is 261 g/mol. The average Bonchev–Trinajstić information content (AvgIpc) is 2.84. The number of halogens is 1. The largest absolute Gasteiger partial charge is 0.334 e. The Kier molecular flexibility index (Phi) is 4.68. The van der Waals surface area contributed by atoms with Gasteiger partial charge in [-0.05, 0) is 31.0 Å². The number of aryl methyl sites for hydroxylation is 1. The molecule has 3 nitrogen and oxygen atoms in total. The minimum Gasteiger partial charge on any atom is -0.334 e. The summed E-state index contributed by atoms with van der Waals surface area (Å²) < 4.78 is 15.3. The van der Waals surface area contributed by atoms with Gasteiger partial charge in [0.1, 0.15) is 11.6 Å². The molecule has 0 bridgehead atoms. The van der Waals surface area contributed by atoms with Crippen molar-refractivity contribution in [1.29, 1.82) is 0 Å². The molecule has 0 aliphatic carbocycles. The summed E-state index contributed by atoms with van der Waals surface area (Å²) in [5.41, 5.74) is 0.952. The third-order valence-electron chi connectivity index (χ3n) is 3.18.